The molecule has 0 bridgehead atoms. The number of aryl methyl sites for hydroxylation is 1. The molecule has 1 atom stereocenters. The van der Waals surface area contributed by atoms with E-state index in [1.807, 2.05) is 13.0 Å². The van der Waals surface area contributed by atoms with Crippen molar-refractivity contribution in [2.75, 3.05) is 13.1 Å². The lowest BCUT2D eigenvalue weighted by Gasteiger charge is -2.19. The second kappa shape index (κ2) is 6.55. The van der Waals surface area contributed by atoms with Crippen LogP contribution in [0.25, 0.3) is 0 Å². The van der Waals surface area contributed by atoms with Crippen molar-refractivity contribution in [3.05, 3.63) is 47.1 Å². The minimum Gasteiger partial charge on any atom is -0.379 e. The quantitative estimate of drug-likeness (QED) is 0.840. The van der Waals surface area contributed by atoms with E-state index in [4.69, 9.17) is 9.78 Å². The van der Waals surface area contributed by atoms with Gasteiger partial charge in [-0.1, -0.05) is 24.2 Å². The molecule has 0 amide bonds. The van der Waals surface area contributed by atoms with Gasteiger partial charge in [-0.25, -0.2) is 8.42 Å². The van der Waals surface area contributed by atoms with Crippen LogP contribution in [0.2, 0.25) is 0 Å². The fourth-order valence-electron chi connectivity index (χ4n) is 2.79. The van der Waals surface area contributed by atoms with Gasteiger partial charge in [0, 0.05) is 19.4 Å². The second-order valence-corrected chi connectivity index (χ2v) is 8.02. The predicted octanol–water partition coefficient (Wildman–Crippen LogP) is 0.927. The van der Waals surface area contributed by atoms with E-state index in [0.29, 0.717) is 23.4 Å². The van der Waals surface area contributed by atoms with Gasteiger partial charge in [0.05, 0.1) is 23.9 Å². The van der Waals surface area contributed by atoms with Gasteiger partial charge in [-0.2, -0.15) is 14.6 Å². The lowest BCUT2D eigenvalue weighted by atomic mass is 10.0. The summed E-state index contributed by atoms with van der Waals surface area (Å²) in [6, 6.07) is 8.46. The molecule has 1 aliphatic heterocycles. The minimum atomic E-state index is -3.64. The summed E-state index contributed by atoms with van der Waals surface area (Å²) < 4.78 is 31.6. The van der Waals surface area contributed by atoms with Crippen LogP contribution in [0.4, 0.5) is 0 Å². The van der Waals surface area contributed by atoms with Gasteiger partial charge in [0.2, 0.25) is 10.0 Å². The first kappa shape index (κ1) is 17.5. The molecule has 1 aromatic heterocycles. The van der Waals surface area contributed by atoms with Crippen molar-refractivity contribution in [1.82, 2.24) is 14.4 Å². The lowest BCUT2D eigenvalue weighted by Crippen LogP contribution is -2.35. The summed E-state index contributed by atoms with van der Waals surface area (Å²) >= 11 is 0. The zero-order valence-electron chi connectivity index (χ0n) is 13.7. The molecule has 8 nitrogen and oxygen atoms in total. The third-order valence-corrected chi connectivity index (χ3v) is 5.99. The number of nitrogens with zero attached hydrogens (tertiary/aromatic N) is 4. The predicted molar refractivity (Wildman–Crippen MR) is 87.5 cm³/mol. The van der Waals surface area contributed by atoms with Gasteiger partial charge >= 0.3 is 0 Å². The molecule has 2 heterocycles. The number of aliphatic hydroxyl groups is 1. The molecule has 2 aromatic rings. The first-order valence-electron chi connectivity index (χ1n) is 7.88. The van der Waals surface area contributed by atoms with E-state index in [9.17, 15) is 13.5 Å². The SMILES string of the molecule is CCc1noc([C@@]2(O)CCN(S(=O)(=O)Cc3cccc(C#N)c3)C2)n1. The van der Waals surface area contributed by atoms with Gasteiger partial charge in [-0.15, -0.1) is 0 Å². The van der Waals surface area contributed by atoms with Gasteiger partial charge < -0.3 is 9.63 Å². The van der Waals surface area contributed by atoms with Crippen LogP contribution in [0, 0.1) is 11.3 Å². The highest BCUT2D eigenvalue weighted by molar-refractivity contribution is 7.88. The molecule has 1 aliphatic rings. The highest BCUT2D eigenvalue weighted by Gasteiger charge is 2.46. The molecule has 1 fully saturated rings. The Morgan fingerprint density at radius 3 is 2.96 bits per heavy atom. The number of nitriles is 1. The molecule has 0 aliphatic carbocycles. The number of rotatable bonds is 5. The molecule has 1 saturated heterocycles. The Balaban J connectivity index is 1.76. The molecule has 0 spiro atoms. The van der Waals surface area contributed by atoms with Crippen molar-refractivity contribution < 1.29 is 18.0 Å². The second-order valence-electron chi connectivity index (χ2n) is 6.05. The van der Waals surface area contributed by atoms with Gasteiger partial charge in [0.25, 0.3) is 5.89 Å². The van der Waals surface area contributed by atoms with Crippen LogP contribution >= 0.6 is 0 Å². The molecule has 0 unspecified atom stereocenters. The Morgan fingerprint density at radius 1 is 1.48 bits per heavy atom. The van der Waals surface area contributed by atoms with Crippen molar-refractivity contribution >= 4 is 10.0 Å². The van der Waals surface area contributed by atoms with E-state index >= 15 is 0 Å². The fraction of sp³-hybridized carbons (Fsp3) is 0.438. The Labute approximate surface area is 145 Å². The van der Waals surface area contributed by atoms with Crippen LogP contribution in [0.3, 0.4) is 0 Å². The Hall–Kier alpha value is -2.28. The molecular formula is C16H18N4O4S. The van der Waals surface area contributed by atoms with Gasteiger partial charge in [0.1, 0.15) is 0 Å². The van der Waals surface area contributed by atoms with Gasteiger partial charge in [-0.3, -0.25) is 0 Å². The molecular weight excluding hydrogens is 344 g/mol. The lowest BCUT2D eigenvalue weighted by molar-refractivity contribution is 0.0194. The largest absolute Gasteiger partial charge is 0.379 e. The smallest absolute Gasteiger partial charge is 0.260 e. The molecule has 0 radical (unpaired) electrons. The van der Waals surface area contributed by atoms with Crippen LogP contribution in [0.1, 0.15) is 36.2 Å². The van der Waals surface area contributed by atoms with E-state index in [0.717, 1.165) is 0 Å². The summed E-state index contributed by atoms with van der Waals surface area (Å²) in [5, 5.41) is 23.4. The average Bonchev–Trinajstić information content (AvgIpc) is 3.22. The summed E-state index contributed by atoms with van der Waals surface area (Å²) in [5.41, 5.74) is -0.536. The van der Waals surface area contributed by atoms with E-state index in [-0.39, 0.29) is 31.2 Å². The Kier molecular flexibility index (Phi) is 4.60. The third kappa shape index (κ3) is 3.56. The summed E-state index contributed by atoms with van der Waals surface area (Å²) in [6.45, 7) is 1.90. The number of aromatic nitrogens is 2. The number of β-amino-alcohol motifs (C(OH)–C–C–N with tert-alkyl or cyclic N) is 1. The van der Waals surface area contributed by atoms with Gasteiger partial charge in [-0.05, 0) is 17.7 Å². The summed E-state index contributed by atoms with van der Waals surface area (Å²) in [4.78, 5) is 4.12. The van der Waals surface area contributed by atoms with Crippen molar-refractivity contribution in [1.29, 1.82) is 5.26 Å². The summed E-state index contributed by atoms with van der Waals surface area (Å²) in [7, 11) is -3.64. The number of benzene rings is 1. The van der Waals surface area contributed by atoms with Crippen LogP contribution in [-0.4, -0.2) is 41.1 Å². The van der Waals surface area contributed by atoms with Crippen molar-refractivity contribution in [3.8, 4) is 6.07 Å². The number of hydrogen-bond donors (Lipinski definition) is 1. The summed E-state index contributed by atoms with van der Waals surface area (Å²) in [5.74, 6) is 0.286. The molecule has 132 valence electrons. The Bertz CT molecular complexity index is 918. The zero-order valence-corrected chi connectivity index (χ0v) is 14.5. The van der Waals surface area contributed by atoms with E-state index in [1.54, 1.807) is 24.3 Å². The first-order chi connectivity index (χ1) is 11.9. The highest BCUT2D eigenvalue weighted by Crippen LogP contribution is 2.33. The molecule has 1 N–H and O–H groups in total. The van der Waals surface area contributed by atoms with Crippen molar-refractivity contribution in [2.24, 2.45) is 0 Å². The molecule has 3 rings (SSSR count). The zero-order chi connectivity index (χ0) is 18.1. The normalized spacial score (nSPS) is 21.3. The first-order valence-corrected chi connectivity index (χ1v) is 9.49. The molecule has 25 heavy (non-hydrogen) atoms. The number of hydrogen-bond acceptors (Lipinski definition) is 7. The van der Waals surface area contributed by atoms with Gasteiger partial charge in [0.15, 0.2) is 11.4 Å². The van der Waals surface area contributed by atoms with Crippen molar-refractivity contribution in [3.63, 3.8) is 0 Å². The maximum absolute atomic E-state index is 12.6. The topological polar surface area (TPSA) is 120 Å². The fourth-order valence-corrected chi connectivity index (χ4v) is 4.35. The number of sulfonamides is 1. The molecule has 0 saturated carbocycles. The minimum absolute atomic E-state index is 0.0496. The Morgan fingerprint density at radius 2 is 2.28 bits per heavy atom. The summed E-state index contributed by atoms with van der Waals surface area (Å²) in [6.07, 6.45) is 0.757. The van der Waals surface area contributed by atoms with Crippen LogP contribution in [-0.2, 0) is 27.8 Å². The van der Waals surface area contributed by atoms with E-state index in [2.05, 4.69) is 10.1 Å². The average molecular weight is 362 g/mol. The maximum atomic E-state index is 12.6. The third-order valence-electron chi connectivity index (χ3n) is 4.19. The molecule has 1 aromatic carbocycles. The van der Waals surface area contributed by atoms with Crippen LogP contribution in [0.15, 0.2) is 28.8 Å². The molecule has 9 heteroatoms. The highest BCUT2D eigenvalue weighted by atomic mass is 32.2. The maximum Gasteiger partial charge on any atom is 0.260 e. The van der Waals surface area contributed by atoms with E-state index < -0.39 is 15.6 Å². The van der Waals surface area contributed by atoms with E-state index in [1.165, 1.54) is 4.31 Å². The van der Waals surface area contributed by atoms with Crippen LogP contribution in [0.5, 0.6) is 0 Å². The van der Waals surface area contributed by atoms with Crippen molar-refractivity contribution in [2.45, 2.75) is 31.1 Å². The standard InChI is InChI=1S/C16H18N4O4S/c1-2-14-18-15(24-19-14)16(21)6-7-20(11-16)25(22,23)10-13-5-3-4-12(8-13)9-17/h3-5,8,21H,2,6-7,10-11H2,1H3/t16-/m1/s1. The van der Waals surface area contributed by atoms with Crippen LogP contribution < -0.4 is 0 Å². The monoisotopic (exact) mass is 362 g/mol.